The van der Waals surface area contributed by atoms with Crippen LogP contribution in [0.5, 0.6) is 0 Å². The Morgan fingerprint density at radius 2 is 2.06 bits per heavy atom. The predicted octanol–water partition coefficient (Wildman–Crippen LogP) is 1.57. The maximum atomic E-state index is 6.42. The Labute approximate surface area is 104 Å². The summed E-state index contributed by atoms with van der Waals surface area (Å²) in [6.07, 6.45) is 5.35. The van der Waals surface area contributed by atoms with E-state index in [-0.39, 0.29) is 5.54 Å². The van der Waals surface area contributed by atoms with Crippen molar-refractivity contribution in [3.8, 4) is 0 Å². The van der Waals surface area contributed by atoms with Gasteiger partial charge in [0.25, 0.3) is 0 Å². The molecule has 0 amide bonds. The summed E-state index contributed by atoms with van der Waals surface area (Å²) in [5.41, 5.74) is 6.39. The Kier molecular flexibility index (Phi) is 6.11. The van der Waals surface area contributed by atoms with Gasteiger partial charge in [-0.2, -0.15) is 11.8 Å². The van der Waals surface area contributed by atoms with Crippen LogP contribution in [0.3, 0.4) is 0 Å². The van der Waals surface area contributed by atoms with Gasteiger partial charge in [-0.1, -0.05) is 6.92 Å². The summed E-state index contributed by atoms with van der Waals surface area (Å²) in [5, 5.41) is 0. The molecule has 0 saturated carbocycles. The number of rotatable bonds is 6. The third kappa shape index (κ3) is 4.24. The Bertz CT molecular complexity index is 195. The summed E-state index contributed by atoms with van der Waals surface area (Å²) in [6, 6.07) is 0.651. The summed E-state index contributed by atoms with van der Waals surface area (Å²) in [7, 11) is 2.20. The molecule has 1 heterocycles. The van der Waals surface area contributed by atoms with Gasteiger partial charge in [0.1, 0.15) is 0 Å². The first kappa shape index (κ1) is 14.3. The van der Waals surface area contributed by atoms with E-state index in [4.69, 9.17) is 10.5 Å². The van der Waals surface area contributed by atoms with Gasteiger partial charge in [0.15, 0.2) is 0 Å². The van der Waals surface area contributed by atoms with E-state index in [1.54, 1.807) is 0 Å². The molecule has 0 aliphatic carbocycles. The molecule has 0 aromatic heterocycles. The maximum absolute atomic E-state index is 6.42. The largest absolute Gasteiger partial charge is 0.381 e. The summed E-state index contributed by atoms with van der Waals surface area (Å²) >= 11 is 1.92. The molecule has 0 aromatic rings. The van der Waals surface area contributed by atoms with Gasteiger partial charge in [0, 0.05) is 37.1 Å². The maximum Gasteiger partial charge on any atom is 0.0484 e. The molecule has 3 nitrogen and oxygen atoms in total. The normalized spacial score (nSPS) is 22.3. The minimum absolute atomic E-state index is 0.0289. The molecule has 1 atom stereocenters. The van der Waals surface area contributed by atoms with Crippen molar-refractivity contribution in [2.75, 3.05) is 38.8 Å². The SMILES string of the molecule is CCC(CSC)N(C)CC1(N)CCOCC1. The van der Waals surface area contributed by atoms with Crippen LogP contribution in [-0.2, 0) is 4.74 Å². The number of ether oxygens (including phenoxy) is 1. The van der Waals surface area contributed by atoms with Crippen LogP contribution in [0.2, 0.25) is 0 Å². The number of likely N-dealkylation sites (N-methyl/N-ethyl adjacent to an activating group) is 1. The molecule has 2 N–H and O–H groups in total. The smallest absolute Gasteiger partial charge is 0.0484 e. The first-order valence-corrected chi connectivity index (χ1v) is 7.56. The quantitative estimate of drug-likeness (QED) is 0.772. The van der Waals surface area contributed by atoms with Gasteiger partial charge >= 0.3 is 0 Å². The highest BCUT2D eigenvalue weighted by Gasteiger charge is 2.30. The van der Waals surface area contributed by atoms with Crippen molar-refractivity contribution in [1.29, 1.82) is 0 Å². The molecule has 4 heteroatoms. The van der Waals surface area contributed by atoms with Crippen LogP contribution < -0.4 is 5.73 Å². The van der Waals surface area contributed by atoms with E-state index in [1.807, 2.05) is 11.8 Å². The predicted molar refractivity (Wildman–Crippen MR) is 72.1 cm³/mol. The van der Waals surface area contributed by atoms with Crippen molar-refractivity contribution in [3.63, 3.8) is 0 Å². The molecule has 1 rings (SSSR count). The fraction of sp³-hybridized carbons (Fsp3) is 1.00. The summed E-state index contributed by atoms with van der Waals surface area (Å²) < 4.78 is 5.38. The molecule has 0 bridgehead atoms. The Morgan fingerprint density at radius 1 is 1.44 bits per heavy atom. The van der Waals surface area contributed by atoms with Crippen LogP contribution in [0.1, 0.15) is 26.2 Å². The number of hydrogen-bond acceptors (Lipinski definition) is 4. The highest BCUT2D eigenvalue weighted by molar-refractivity contribution is 7.98. The number of nitrogens with zero attached hydrogens (tertiary/aromatic N) is 1. The van der Waals surface area contributed by atoms with E-state index in [0.29, 0.717) is 6.04 Å². The Hall–Kier alpha value is 0.230. The highest BCUT2D eigenvalue weighted by atomic mass is 32.2. The highest BCUT2D eigenvalue weighted by Crippen LogP contribution is 2.20. The van der Waals surface area contributed by atoms with Gasteiger partial charge in [-0.3, -0.25) is 0 Å². The number of hydrogen-bond donors (Lipinski definition) is 1. The van der Waals surface area contributed by atoms with Gasteiger partial charge < -0.3 is 15.4 Å². The fourth-order valence-corrected chi connectivity index (χ4v) is 3.19. The average molecular weight is 246 g/mol. The van der Waals surface area contributed by atoms with Crippen molar-refractivity contribution >= 4 is 11.8 Å². The van der Waals surface area contributed by atoms with E-state index < -0.39 is 0 Å². The molecular weight excluding hydrogens is 220 g/mol. The Balaban J connectivity index is 2.43. The fourth-order valence-electron chi connectivity index (χ4n) is 2.31. The van der Waals surface area contributed by atoms with E-state index in [2.05, 4.69) is 25.1 Å². The lowest BCUT2D eigenvalue weighted by Crippen LogP contribution is -2.54. The van der Waals surface area contributed by atoms with Crippen molar-refractivity contribution in [2.24, 2.45) is 5.73 Å². The number of thioether (sulfide) groups is 1. The summed E-state index contributed by atoms with van der Waals surface area (Å²) in [6.45, 7) is 4.90. The topological polar surface area (TPSA) is 38.5 Å². The third-order valence-electron chi connectivity index (χ3n) is 3.51. The lowest BCUT2D eigenvalue weighted by atomic mass is 9.90. The van der Waals surface area contributed by atoms with E-state index in [1.165, 1.54) is 12.2 Å². The second-order valence-corrected chi connectivity index (χ2v) is 5.82. The monoisotopic (exact) mass is 246 g/mol. The van der Waals surface area contributed by atoms with Crippen LogP contribution in [0, 0.1) is 0 Å². The molecule has 0 spiro atoms. The lowest BCUT2D eigenvalue weighted by molar-refractivity contribution is 0.0365. The third-order valence-corrected chi connectivity index (χ3v) is 4.22. The first-order chi connectivity index (χ1) is 7.61. The van der Waals surface area contributed by atoms with Crippen LogP contribution >= 0.6 is 11.8 Å². The van der Waals surface area contributed by atoms with Gasteiger partial charge in [0.05, 0.1) is 0 Å². The molecule has 1 fully saturated rings. The summed E-state index contributed by atoms with van der Waals surface area (Å²) in [5.74, 6) is 1.19. The van der Waals surface area contributed by atoms with E-state index in [0.717, 1.165) is 32.6 Å². The zero-order chi connectivity index (χ0) is 12.0. The molecular formula is C12H26N2OS. The molecule has 0 radical (unpaired) electrons. The minimum atomic E-state index is -0.0289. The second kappa shape index (κ2) is 6.84. The van der Waals surface area contributed by atoms with Gasteiger partial charge in [-0.15, -0.1) is 0 Å². The van der Waals surface area contributed by atoms with Gasteiger partial charge in [0.2, 0.25) is 0 Å². The van der Waals surface area contributed by atoms with Crippen LogP contribution in [0.25, 0.3) is 0 Å². The lowest BCUT2D eigenvalue weighted by Gasteiger charge is -2.39. The zero-order valence-corrected chi connectivity index (χ0v) is 11.7. The second-order valence-electron chi connectivity index (χ2n) is 4.91. The molecule has 1 aliphatic rings. The van der Waals surface area contributed by atoms with Gasteiger partial charge in [-0.05, 0) is 32.6 Å². The molecule has 1 aliphatic heterocycles. The van der Waals surface area contributed by atoms with Crippen molar-refractivity contribution < 1.29 is 4.74 Å². The van der Waals surface area contributed by atoms with Crippen LogP contribution in [0.15, 0.2) is 0 Å². The molecule has 1 saturated heterocycles. The first-order valence-electron chi connectivity index (χ1n) is 6.17. The van der Waals surface area contributed by atoms with E-state index >= 15 is 0 Å². The molecule has 16 heavy (non-hydrogen) atoms. The van der Waals surface area contributed by atoms with Crippen LogP contribution in [-0.4, -0.2) is 55.3 Å². The molecule has 0 aromatic carbocycles. The number of nitrogens with two attached hydrogens (primary N) is 1. The standard InChI is InChI=1S/C12H26N2OS/c1-4-11(9-16-3)14(2)10-12(13)5-7-15-8-6-12/h11H,4-10,13H2,1-3H3. The van der Waals surface area contributed by atoms with Gasteiger partial charge in [-0.25, -0.2) is 0 Å². The minimum Gasteiger partial charge on any atom is -0.381 e. The van der Waals surface area contributed by atoms with Crippen LogP contribution in [0.4, 0.5) is 0 Å². The van der Waals surface area contributed by atoms with E-state index in [9.17, 15) is 0 Å². The zero-order valence-electron chi connectivity index (χ0n) is 10.9. The molecule has 96 valence electrons. The molecule has 1 unspecified atom stereocenters. The van der Waals surface area contributed by atoms with Crippen molar-refractivity contribution in [3.05, 3.63) is 0 Å². The van der Waals surface area contributed by atoms with Crippen molar-refractivity contribution in [1.82, 2.24) is 4.90 Å². The summed E-state index contributed by atoms with van der Waals surface area (Å²) in [4.78, 5) is 2.43. The Morgan fingerprint density at radius 3 is 2.56 bits per heavy atom. The average Bonchev–Trinajstić information content (AvgIpc) is 2.26. The van der Waals surface area contributed by atoms with Crippen molar-refractivity contribution in [2.45, 2.75) is 37.8 Å².